The van der Waals surface area contributed by atoms with Crippen molar-refractivity contribution in [1.82, 2.24) is 10.2 Å². The molecule has 1 saturated carbocycles. The van der Waals surface area contributed by atoms with E-state index in [4.69, 9.17) is 0 Å². The number of rotatable bonds is 3. The summed E-state index contributed by atoms with van der Waals surface area (Å²) in [5.74, 6) is -0.0996. The Morgan fingerprint density at radius 2 is 1.88 bits per heavy atom. The SMILES string of the molecule is CC1CCC2(CC1)NC(=O)N([C@H](C)C(=O)Nc1ccc(Br)cc1)C2=O. The van der Waals surface area contributed by atoms with Gasteiger partial charge in [-0.15, -0.1) is 0 Å². The van der Waals surface area contributed by atoms with Gasteiger partial charge in [-0.1, -0.05) is 22.9 Å². The van der Waals surface area contributed by atoms with Crippen LogP contribution in [-0.4, -0.2) is 34.3 Å². The molecule has 1 aliphatic heterocycles. The number of anilines is 1. The lowest BCUT2D eigenvalue weighted by molar-refractivity contribution is -0.137. The highest BCUT2D eigenvalue weighted by Gasteiger charge is 2.54. The van der Waals surface area contributed by atoms with Gasteiger partial charge in [-0.25, -0.2) is 9.69 Å². The molecule has 2 N–H and O–H groups in total. The van der Waals surface area contributed by atoms with E-state index in [-0.39, 0.29) is 11.8 Å². The maximum Gasteiger partial charge on any atom is 0.325 e. The molecule has 1 aromatic rings. The Morgan fingerprint density at radius 1 is 1.28 bits per heavy atom. The van der Waals surface area contributed by atoms with Gasteiger partial charge in [0.25, 0.3) is 5.91 Å². The molecule has 7 heteroatoms. The van der Waals surface area contributed by atoms with E-state index in [0.29, 0.717) is 24.4 Å². The van der Waals surface area contributed by atoms with Gasteiger partial charge in [0.1, 0.15) is 11.6 Å². The topological polar surface area (TPSA) is 78.5 Å². The normalized spacial score (nSPS) is 27.3. The molecule has 4 amide bonds. The van der Waals surface area contributed by atoms with Gasteiger partial charge in [0.15, 0.2) is 0 Å². The van der Waals surface area contributed by atoms with Crippen molar-refractivity contribution in [2.75, 3.05) is 5.32 Å². The highest BCUT2D eigenvalue weighted by atomic mass is 79.9. The first kappa shape index (κ1) is 17.9. The summed E-state index contributed by atoms with van der Waals surface area (Å²) in [4.78, 5) is 38.9. The Labute approximate surface area is 155 Å². The molecule has 0 unspecified atom stereocenters. The quantitative estimate of drug-likeness (QED) is 0.754. The zero-order valence-electron chi connectivity index (χ0n) is 14.3. The molecule has 0 aromatic heterocycles. The molecule has 1 aliphatic carbocycles. The highest BCUT2D eigenvalue weighted by Crippen LogP contribution is 2.37. The van der Waals surface area contributed by atoms with Crippen molar-refractivity contribution < 1.29 is 14.4 Å². The molecule has 0 bridgehead atoms. The van der Waals surface area contributed by atoms with E-state index in [0.717, 1.165) is 22.2 Å². The minimum Gasteiger partial charge on any atom is -0.324 e. The lowest BCUT2D eigenvalue weighted by Gasteiger charge is -2.34. The number of imide groups is 1. The maximum atomic E-state index is 12.9. The predicted molar refractivity (Wildman–Crippen MR) is 98.0 cm³/mol. The fraction of sp³-hybridized carbons (Fsp3) is 0.500. The number of benzene rings is 1. The summed E-state index contributed by atoms with van der Waals surface area (Å²) in [6.07, 6.45) is 3.07. The van der Waals surface area contributed by atoms with Crippen LogP contribution in [0, 0.1) is 5.92 Å². The van der Waals surface area contributed by atoms with E-state index in [1.165, 1.54) is 0 Å². The third kappa shape index (κ3) is 3.42. The molecule has 134 valence electrons. The largest absolute Gasteiger partial charge is 0.325 e. The Balaban J connectivity index is 1.72. The van der Waals surface area contributed by atoms with Gasteiger partial charge in [-0.05, 0) is 62.8 Å². The lowest BCUT2D eigenvalue weighted by Crippen LogP contribution is -2.51. The Bertz CT molecular complexity index is 696. The summed E-state index contributed by atoms with van der Waals surface area (Å²) in [5.41, 5.74) is -0.205. The van der Waals surface area contributed by atoms with Crippen LogP contribution in [0.1, 0.15) is 39.5 Å². The monoisotopic (exact) mass is 407 g/mol. The number of nitrogens with one attached hydrogen (secondary N) is 2. The van der Waals surface area contributed by atoms with Crippen LogP contribution >= 0.6 is 15.9 Å². The van der Waals surface area contributed by atoms with Crippen molar-refractivity contribution in [3.63, 3.8) is 0 Å². The first-order valence-electron chi connectivity index (χ1n) is 8.55. The second-order valence-electron chi connectivity index (χ2n) is 7.04. The van der Waals surface area contributed by atoms with Crippen molar-refractivity contribution in [3.05, 3.63) is 28.7 Å². The molecule has 1 atom stereocenters. The average molecular weight is 408 g/mol. The van der Waals surface area contributed by atoms with Crippen LogP contribution in [0.25, 0.3) is 0 Å². The van der Waals surface area contributed by atoms with Gasteiger partial charge in [-0.2, -0.15) is 0 Å². The molecular formula is C18H22BrN3O3. The van der Waals surface area contributed by atoms with E-state index in [1.54, 1.807) is 19.1 Å². The number of hydrogen-bond donors (Lipinski definition) is 2. The molecule has 1 spiro atoms. The van der Waals surface area contributed by atoms with Gasteiger partial charge < -0.3 is 10.6 Å². The Kier molecular flexibility index (Phi) is 4.86. The summed E-state index contributed by atoms with van der Waals surface area (Å²) in [6, 6.07) is 5.79. The van der Waals surface area contributed by atoms with Crippen molar-refractivity contribution in [2.24, 2.45) is 5.92 Å². The molecule has 2 aliphatic rings. The standard InChI is InChI=1S/C18H22BrN3O3/c1-11-7-9-18(10-8-11)16(24)22(17(25)21-18)12(2)15(23)20-14-5-3-13(19)4-6-14/h3-6,11-12H,7-10H2,1-2H3,(H,20,23)(H,21,25)/t11?,12-,18?/m1/s1. The Morgan fingerprint density at radius 3 is 2.48 bits per heavy atom. The molecule has 25 heavy (non-hydrogen) atoms. The summed E-state index contributed by atoms with van der Waals surface area (Å²) in [6.45, 7) is 3.73. The minimum atomic E-state index is -0.866. The number of halogens is 1. The third-order valence-corrected chi connectivity index (χ3v) is 5.73. The summed E-state index contributed by atoms with van der Waals surface area (Å²) >= 11 is 3.34. The fourth-order valence-corrected chi connectivity index (χ4v) is 3.75. The van der Waals surface area contributed by atoms with Crippen LogP contribution in [-0.2, 0) is 9.59 Å². The summed E-state index contributed by atoms with van der Waals surface area (Å²) in [7, 11) is 0. The first-order valence-corrected chi connectivity index (χ1v) is 9.34. The summed E-state index contributed by atoms with van der Waals surface area (Å²) < 4.78 is 0.904. The second kappa shape index (κ2) is 6.78. The van der Waals surface area contributed by atoms with Gasteiger partial charge in [-0.3, -0.25) is 9.59 Å². The summed E-state index contributed by atoms with van der Waals surface area (Å²) in [5, 5.41) is 5.60. The number of nitrogens with zero attached hydrogens (tertiary/aromatic N) is 1. The zero-order chi connectivity index (χ0) is 18.2. The minimum absolute atomic E-state index is 0.275. The van der Waals surface area contributed by atoms with E-state index >= 15 is 0 Å². The second-order valence-corrected chi connectivity index (χ2v) is 7.96. The number of hydrogen-bond acceptors (Lipinski definition) is 3. The van der Waals surface area contributed by atoms with Gasteiger partial charge >= 0.3 is 6.03 Å². The van der Waals surface area contributed by atoms with E-state index in [1.807, 2.05) is 12.1 Å². The predicted octanol–water partition coefficient (Wildman–Crippen LogP) is 3.28. The van der Waals surface area contributed by atoms with Crippen LogP contribution in [0.3, 0.4) is 0 Å². The molecule has 1 saturated heterocycles. The van der Waals surface area contributed by atoms with Crippen LogP contribution in [0.15, 0.2) is 28.7 Å². The van der Waals surface area contributed by atoms with E-state index in [9.17, 15) is 14.4 Å². The third-order valence-electron chi connectivity index (χ3n) is 5.20. The van der Waals surface area contributed by atoms with Crippen LogP contribution in [0.5, 0.6) is 0 Å². The first-order chi connectivity index (χ1) is 11.8. The molecule has 1 heterocycles. The highest BCUT2D eigenvalue weighted by molar-refractivity contribution is 9.10. The Hall–Kier alpha value is -1.89. The van der Waals surface area contributed by atoms with Gasteiger partial charge in [0.2, 0.25) is 5.91 Å². The molecule has 1 aromatic carbocycles. The molecule has 2 fully saturated rings. The van der Waals surface area contributed by atoms with Crippen molar-refractivity contribution >= 4 is 39.5 Å². The number of urea groups is 1. The van der Waals surface area contributed by atoms with Crippen molar-refractivity contribution in [1.29, 1.82) is 0 Å². The van der Waals surface area contributed by atoms with E-state index < -0.39 is 17.6 Å². The fourth-order valence-electron chi connectivity index (χ4n) is 3.48. The molecule has 3 rings (SSSR count). The molecule has 0 radical (unpaired) electrons. The zero-order valence-corrected chi connectivity index (χ0v) is 15.9. The number of amides is 4. The van der Waals surface area contributed by atoms with Crippen molar-refractivity contribution in [2.45, 2.75) is 51.1 Å². The van der Waals surface area contributed by atoms with E-state index in [2.05, 4.69) is 33.5 Å². The molecule has 6 nitrogen and oxygen atoms in total. The lowest BCUT2D eigenvalue weighted by atomic mass is 9.77. The van der Waals surface area contributed by atoms with Gasteiger partial charge in [0.05, 0.1) is 0 Å². The molecular weight excluding hydrogens is 386 g/mol. The average Bonchev–Trinajstić information content (AvgIpc) is 2.82. The number of carbonyl (C=O) groups is 3. The van der Waals surface area contributed by atoms with Crippen molar-refractivity contribution in [3.8, 4) is 0 Å². The van der Waals surface area contributed by atoms with Gasteiger partial charge in [0, 0.05) is 10.2 Å². The van der Waals surface area contributed by atoms with Crippen LogP contribution in [0.2, 0.25) is 0 Å². The van der Waals surface area contributed by atoms with Crippen LogP contribution < -0.4 is 10.6 Å². The van der Waals surface area contributed by atoms with Crippen LogP contribution in [0.4, 0.5) is 10.5 Å². The smallest absolute Gasteiger partial charge is 0.324 e. The maximum absolute atomic E-state index is 12.9. The number of carbonyl (C=O) groups excluding carboxylic acids is 3.